The SMILES string of the molecule is CNc1ncc(Br)cc1C(=O)N(C)Cc1ccc(Cl)s1. The molecule has 7 heteroatoms. The summed E-state index contributed by atoms with van der Waals surface area (Å²) in [6, 6.07) is 5.52. The van der Waals surface area contributed by atoms with Gasteiger partial charge in [0.05, 0.1) is 16.4 Å². The number of halogens is 2. The molecule has 20 heavy (non-hydrogen) atoms. The van der Waals surface area contributed by atoms with Crippen LogP contribution in [0.1, 0.15) is 15.2 Å². The van der Waals surface area contributed by atoms with Crippen molar-refractivity contribution in [3.8, 4) is 0 Å². The van der Waals surface area contributed by atoms with Gasteiger partial charge in [-0.05, 0) is 34.1 Å². The number of aromatic nitrogens is 1. The van der Waals surface area contributed by atoms with E-state index in [9.17, 15) is 4.79 Å². The number of pyridine rings is 1. The lowest BCUT2D eigenvalue weighted by Crippen LogP contribution is -2.26. The number of hydrogen-bond acceptors (Lipinski definition) is 4. The molecular formula is C13H13BrClN3OS. The molecule has 2 heterocycles. The summed E-state index contributed by atoms with van der Waals surface area (Å²) < 4.78 is 1.49. The Balaban J connectivity index is 2.20. The highest BCUT2D eigenvalue weighted by Crippen LogP contribution is 2.24. The molecule has 2 aromatic rings. The summed E-state index contributed by atoms with van der Waals surface area (Å²) in [5.41, 5.74) is 0.534. The number of thiophene rings is 1. The average Bonchev–Trinajstić information content (AvgIpc) is 2.83. The molecule has 0 bridgehead atoms. The first-order chi connectivity index (χ1) is 9.51. The molecule has 0 saturated heterocycles. The van der Waals surface area contributed by atoms with E-state index in [1.165, 1.54) is 11.3 Å². The summed E-state index contributed by atoms with van der Waals surface area (Å²) in [6.45, 7) is 0.520. The van der Waals surface area contributed by atoms with Crippen LogP contribution in [0, 0.1) is 0 Å². The van der Waals surface area contributed by atoms with Gasteiger partial charge in [-0.3, -0.25) is 4.79 Å². The maximum absolute atomic E-state index is 12.5. The van der Waals surface area contributed by atoms with Crippen molar-refractivity contribution in [2.45, 2.75) is 6.54 Å². The zero-order chi connectivity index (χ0) is 14.7. The summed E-state index contributed by atoms with van der Waals surface area (Å²) in [5, 5.41) is 2.93. The van der Waals surface area contributed by atoms with Crippen LogP contribution in [0.5, 0.6) is 0 Å². The Morgan fingerprint density at radius 1 is 1.55 bits per heavy atom. The number of rotatable bonds is 4. The second kappa shape index (κ2) is 6.56. The lowest BCUT2D eigenvalue weighted by atomic mass is 10.2. The van der Waals surface area contributed by atoms with Crippen LogP contribution >= 0.6 is 38.9 Å². The van der Waals surface area contributed by atoms with E-state index in [0.29, 0.717) is 17.9 Å². The van der Waals surface area contributed by atoms with E-state index in [4.69, 9.17) is 11.6 Å². The lowest BCUT2D eigenvalue weighted by molar-refractivity contribution is 0.0787. The first-order valence-electron chi connectivity index (χ1n) is 5.84. The molecule has 4 nitrogen and oxygen atoms in total. The van der Waals surface area contributed by atoms with Gasteiger partial charge in [0.25, 0.3) is 5.91 Å². The summed E-state index contributed by atoms with van der Waals surface area (Å²) in [6.07, 6.45) is 1.65. The van der Waals surface area contributed by atoms with Gasteiger partial charge < -0.3 is 10.2 Å². The van der Waals surface area contributed by atoms with Crippen molar-refractivity contribution < 1.29 is 4.79 Å². The molecule has 0 aliphatic rings. The number of anilines is 1. The van der Waals surface area contributed by atoms with Crippen molar-refractivity contribution in [3.63, 3.8) is 0 Å². The third-order valence-electron chi connectivity index (χ3n) is 2.69. The van der Waals surface area contributed by atoms with Crippen molar-refractivity contribution in [2.75, 3.05) is 19.4 Å². The van der Waals surface area contributed by atoms with Crippen LogP contribution in [0.15, 0.2) is 28.9 Å². The van der Waals surface area contributed by atoms with Crippen molar-refractivity contribution >= 4 is 50.6 Å². The van der Waals surface area contributed by atoms with Crippen LogP contribution < -0.4 is 5.32 Å². The van der Waals surface area contributed by atoms with Crippen molar-refractivity contribution in [3.05, 3.63) is 43.6 Å². The molecule has 0 spiro atoms. The van der Waals surface area contributed by atoms with Crippen LogP contribution in [0.4, 0.5) is 5.82 Å². The fourth-order valence-electron chi connectivity index (χ4n) is 1.75. The number of carbonyl (C=O) groups excluding carboxylic acids is 1. The Kier molecular flexibility index (Phi) is 5.01. The summed E-state index contributed by atoms with van der Waals surface area (Å²) in [7, 11) is 3.50. The first kappa shape index (κ1) is 15.3. The lowest BCUT2D eigenvalue weighted by Gasteiger charge is -2.18. The highest BCUT2D eigenvalue weighted by molar-refractivity contribution is 9.10. The molecule has 0 aromatic carbocycles. The molecule has 1 amide bonds. The number of carbonyl (C=O) groups is 1. The number of nitrogens with one attached hydrogen (secondary N) is 1. The molecule has 0 fully saturated rings. The van der Waals surface area contributed by atoms with Gasteiger partial charge in [-0.15, -0.1) is 11.3 Å². The molecule has 106 valence electrons. The smallest absolute Gasteiger partial charge is 0.257 e. The first-order valence-corrected chi connectivity index (χ1v) is 7.83. The van der Waals surface area contributed by atoms with Gasteiger partial charge in [-0.1, -0.05) is 11.6 Å². The monoisotopic (exact) mass is 373 g/mol. The van der Waals surface area contributed by atoms with Crippen LogP contribution in [-0.4, -0.2) is 29.9 Å². The number of amides is 1. The molecule has 0 aliphatic carbocycles. The minimum Gasteiger partial charge on any atom is -0.372 e. The molecule has 2 aromatic heterocycles. The Labute approximate surface area is 134 Å². The van der Waals surface area contributed by atoms with E-state index in [1.54, 1.807) is 31.3 Å². The molecule has 0 saturated carbocycles. The predicted octanol–water partition coefficient (Wildman–Crippen LogP) is 3.87. The minimum atomic E-state index is -0.0901. The topological polar surface area (TPSA) is 45.2 Å². The number of hydrogen-bond donors (Lipinski definition) is 1. The third-order valence-corrected chi connectivity index (χ3v) is 4.34. The molecule has 0 radical (unpaired) electrons. The van der Waals surface area contributed by atoms with Crippen LogP contribution in [0.25, 0.3) is 0 Å². The van der Waals surface area contributed by atoms with Crippen LogP contribution in [-0.2, 0) is 6.54 Å². The summed E-state index contributed by atoms with van der Waals surface area (Å²) in [5.74, 6) is 0.474. The van der Waals surface area contributed by atoms with Crippen LogP contribution in [0.3, 0.4) is 0 Å². The standard InChI is InChI=1S/C13H13BrClN3OS/c1-16-12-10(5-8(14)6-17-12)13(19)18(2)7-9-3-4-11(15)20-9/h3-6H,7H2,1-2H3,(H,16,17). The fraction of sp³-hybridized carbons (Fsp3) is 0.231. The quantitative estimate of drug-likeness (QED) is 0.883. The normalized spacial score (nSPS) is 10.4. The van der Waals surface area contributed by atoms with Gasteiger partial charge in [0.1, 0.15) is 5.82 Å². The summed E-state index contributed by atoms with van der Waals surface area (Å²) >= 11 is 10.7. The summed E-state index contributed by atoms with van der Waals surface area (Å²) in [4.78, 5) is 19.4. The van der Waals surface area contributed by atoms with Crippen molar-refractivity contribution in [1.82, 2.24) is 9.88 Å². The fourth-order valence-corrected chi connectivity index (χ4v) is 3.22. The van der Waals surface area contributed by atoms with Gasteiger partial charge in [-0.25, -0.2) is 4.98 Å². The Hall–Kier alpha value is -1.11. The van der Waals surface area contributed by atoms with E-state index in [0.717, 1.165) is 13.7 Å². The van der Waals surface area contributed by atoms with E-state index >= 15 is 0 Å². The second-order valence-electron chi connectivity index (χ2n) is 4.17. The Morgan fingerprint density at radius 2 is 2.30 bits per heavy atom. The van der Waals surface area contributed by atoms with E-state index < -0.39 is 0 Å². The molecular weight excluding hydrogens is 362 g/mol. The van der Waals surface area contributed by atoms with Gasteiger partial charge >= 0.3 is 0 Å². The van der Waals surface area contributed by atoms with Gasteiger partial charge in [-0.2, -0.15) is 0 Å². The van der Waals surface area contributed by atoms with E-state index in [-0.39, 0.29) is 5.91 Å². The number of nitrogens with zero attached hydrogens (tertiary/aromatic N) is 2. The zero-order valence-corrected chi connectivity index (χ0v) is 14.1. The second-order valence-corrected chi connectivity index (χ2v) is 6.88. The molecule has 0 unspecified atom stereocenters. The van der Waals surface area contributed by atoms with Crippen molar-refractivity contribution in [2.24, 2.45) is 0 Å². The predicted molar refractivity (Wildman–Crippen MR) is 86.6 cm³/mol. The Bertz CT molecular complexity index is 632. The van der Waals surface area contributed by atoms with E-state index in [1.807, 2.05) is 12.1 Å². The highest BCUT2D eigenvalue weighted by atomic mass is 79.9. The largest absolute Gasteiger partial charge is 0.372 e. The van der Waals surface area contributed by atoms with Gasteiger partial charge in [0.15, 0.2) is 0 Å². The van der Waals surface area contributed by atoms with Gasteiger partial charge in [0.2, 0.25) is 0 Å². The van der Waals surface area contributed by atoms with Crippen molar-refractivity contribution in [1.29, 1.82) is 0 Å². The average molecular weight is 375 g/mol. The zero-order valence-electron chi connectivity index (χ0n) is 11.0. The molecule has 0 atom stereocenters. The molecule has 0 aliphatic heterocycles. The third kappa shape index (κ3) is 3.50. The maximum Gasteiger partial charge on any atom is 0.257 e. The van der Waals surface area contributed by atoms with Crippen LogP contribution in [0.2, 0.25) is 4.34 Å². The molecule has 1 N–H and O–H groups in total. The highest BCUT2D eigenvalue weighted by Gasteiger charge is 2.17. The van der Waals surface area contributed by atoms with E-state index in [2.05, 4.69) is 26.2 Å². The maximum atomic E-state index is 12.5. The van der Waals surface area contributed by atoms with Gasteiger partial charge in [0, 0.05) is 29.6 Å². The minimum absolute atomic E-state index is 0.0901. The Morgan fingerprint density at radius 3 is 2.90 bits per heavy atom. The molecule has 2 rings (SSSR count).